The van der Waals surface area contributed by atoms with Crippen molar-refractivity contribution in [2.75, 3.05) is 0 Å². The number of halogens is 4. The molecule has 0 saturated carbocycles. The number of hydrogen-bond donors (Lipinski definition) is 1. The van der Waals surface area contributed by atoms with E-state index in [4.69, 9.17) is 12.2 Å². The minimum absolute atomic E-state index is 0.0384. The quantitative estimate of drug-likeness (QED) is 0.582. The van der Waals surface area contributed by atoms with Gasteiger partial charge in [-0.15, -0.1) is 0 Å². The van der Waals surface area contributed by atoms with Crippen LogP contribution in [0.1, 0.15) is 0 Å². The molecular weight excluding hydrogens is 306 g/mol. The van der Waals surface area contributed by atoms with E-state index < -0.39 is 18.9 Å². The van der Waals surface area contributed by atoms with Gasteiger partial charge in [-0.1, -0.05) is 18.2 Å². The third kappa shape index (κ3) is 2.29. The monoisotopic (exact) mass is 315 g/mol. The summed E-state index contributed by atoms with van der Waals surface area (Å²) in [5, 5.41) is 0.576. The molecule has 0 radical (unpaired) electrons. The number of nitrogens with zero attached hydrogens (tertiary/aromatic N) is 2. The van der Waals surface area contributed by atoms with Gasteiger partial charge < -0.3 is 9.55 Å². The highest BCUT2D eigenvalue weighted by atomic mass is 32.1. The Hall–Kier alpha value is -1.96. The molecule has 1 N–H and O–H groups in total. The van der Waals surface area contributed by atoms with Gasteiger partial charge in [-0.05, 0) is 18.3 Å². The average molecular weight is 315 g/mol. The number of fused-ring (bicyclic) bond motifs is 3. The molecule has 3 rings (SSSR count). The summed E-state index contributed by atoms with van der Waals surface area (Å²) in [6.45, 7) is -1.18. The van der Waals surface area contributed by atoms with E-state index in [1.807, 2.05) is 0 Å². The number of benzene rings is 1. The van der Waals surface area contributed by atoms with Crippen LogP contribution in [0.4, 0.5) is 17.6 Å². The van der Waals surface area contributed by atoms with Crippen LogP contribution < -0.4 is 0 Å². The normalized spacial score (nSPS) is 12.6. The molecule has 0 aliphatic carbocycles. The molecule has 3 nitrogen and oxygen atoms in total. The van der Waals surface area contributed by atoms with Crippen molar-refractivity contribution in [3.63, 3.8) is 0 Å². The second kappa shape index (κ2) is 4.80. The smallest absolute Gasteiger partial charge is 0.324 e. The second-order valence-corrected chi connectivity index (χ2v) is 5.00. The van der Waals surface area contributed by atoms with Gasteiger partial charge in [-0.25, -0.2) is 8.78 Å². The first-order valence-electron chi connectivity index (χ1n) is 6.02. The molecule has 0 amide bonds. The molecule has 0 unspecified atom stereocenters. The first kappa shape index (κ1) is 14.0. The highest BCUT2D eigenvalue weighted by Gasteiger charge is 2.41. The number of aromatic nitrogens is 3. The number of para-hydroxylation sites is 1. The van der Waals surface area contributed by atoms with Gasteiger partial charge in [0, 0.05) is 5.39 Å². The van der Waals surface area contributed by atoms with Gasteiger partial charge in [0.25, 0.3) is 0 Å². The lowest BCUT2D eigenvalue weighted by Gasteiger charge is -2.16. The maximum absolute atomic E-state index is 13.4. The first-order valence-corrected chi connectivity index (χ1v) is 6.43. The summed E-state index contributed by atoms with van der Waals surface area (Å²) in [4.78, 5) is 6.89. The Morgan fingerprint density at radius 2 is 2.00 bits per heavy atom. The third-order valence-corrected chi connectivity index (χ3v) is 3.51. The Labute approximate surface area is 121 Å². The van der Waals surface area contributed by atoms with Crippen LogP contribution in [0.3, 0.4) is 0 Å². The molecule has 1 aromatic carbocycles. The Morgan fingerprint density at radius 3 is 2.71 bits per heavy atom. The summed E-state index contributed by atoms with van der Waals surface area (Å²) in [5.41, 5.74) is 1.36. The highest BCUT2D eigenvalue weighted by molar-refractivity contribution is 7.71. The van der Waals surface area contributed by atoms with Gasteiger partial charge in [-0.2, -0.15) is 8.78 Å². The van der Waals surface area contributed by atoms with E-state index in [1.165, 1.54) is 6.20 Å². The Kier molecular flexibility index (Phi) is 3.20. The van der Waals surface area contributed by atoms with Crippen molar-refractivity contribution in [2.45, 2.75) is 18.9 Å². The number of pyridine rings is 1. The van der Waals surface area contributed by atoms with E-state index in [-0.39, 0.29) is 4.77 Å². The number of rotatable bonds is 3. The van der Waals surface area contributed by atoms with Crippen molar-refractivity contribution in [1.29, 1.82) is 0 Å². The summed E-state index contributed by atoms with van der Waals surface area (Å²) in [6.07, 6.45) is -2.30. The molecule has 0 spiro atoms. The topological polar surface area (TPSA) is 33.6 Å². The van der Waals surface area contributed by atoms with Crippen LogP contribution in [0.2, 0.25) is 0 Å². The summed E-state index contributed by atoms with van der Waals surface area (Å²) >= 11 is 4.97. The van der Waals surface area contributed by atoms with Crippen molar-refractivity contribution in [3.8, 4) is 0 Å². The molecule has 2 aromatic heterocycles. The molecule has 21 heavy (non-hydrogen) atoms. The summed E-state index contributed by atoms with van der Waals surface area (Å²) in [7, 11) is 0. The predicted molar refractivity (Wildman–Crippen MR) is 73.4 cm³/mol. The Bertz CT molecular complexity index is 869. The predicted octanol–water partition coefficient (Wildman–Crippen LogP) is 4.15. The minimum Gasteiger partial charge on any atom is -0.329 e. The molecule has 2 heterocycles. The number of alkyl halides is 4. The molecule has 0 aliphatic heterocycles. The van der Waals surface area contributed by atoms with Gasteiger partial charge in [0.05, 0.1) is 29.3 Å². The molecule has 0 bridgehead atoms. The largest absolute Gasteiger partial charge is 0.329 e. The van der Waals surface area contributed by atoms with Crippen molar-refractivity contribution in [3.05, 3.63) is 35.2 Å². The van der Waals surface area contributed by atoms with Crippen molar-refractivity contribution in [2.24, 2.45) is 0 Å². The molecular formula is C13H9F4N3S. The van der Waals surface area contributed by atoms with E-state index in [2.05, 4.69) is 9.97 Å². The zero-order valence-corrected chi connectivity index (χ0v) is 11.3. The molecule has 110 valence electrons. The maximum atomic E-state index is 13.4. The van der Waals surface area contributed by atoms with E-state index in [0.29, 0.717) is 21.9 Å². The molecule has 3 aromatic rings. The first-order chi connectivity index (χ1) is 9.90. The average Bonchev–Trinajstić information content (AvgIpc) is 2.75. The van der Waals surface area contributed by atoms with Gasteiger partial charge in [0.2, 0.25) is 0 Å². The fourth-order valence-corrected chi connectivity index (χ4v) is 2.49. The van der Waals surface area contributed by atoms with Gasteiger partial charge in [-0.3, -0.25) is 4.98 Å². The summed E-state index contributed by atoms with van der Waals surface area (Å²) in [6, 6.07) is 6.86. The lowest BCUT2D eigenvalue weighted by molar-refractivity contribution is -0.137. The summed E-state index contributed by atoms with van der Waals surface area (Å²) < 4.78 is 52.6. The number of aromatic amines is 1. The van der Waals surface area contributed by atoms with E-state index in [9.17, 15) is 17.6 Å². The molecule has 0 aliphatic rings. The fourth-order valence-electron chi connectivity index (χ4n) is 2.22. The van der Waals surface area contributed by atoms with Crippen molar-refractivity contribution < 1.29 is 17.6 Å². The highest BCUT2D eigenvalue weighted by Crippen LogP contribution is 2.29. The third-order valence-electron chi connectivity index (χ3n) is 3.19. The van der Waals surface area contributed by atoms with Crippen molar-refractivity contribution in [1.82, 2.24) is 14.5 Å². The summed E-state index contributed by atoms with van der Waals surface area (Å²) in [5.74, 6) is -4.16. The molecule has 8 heteroatoms. The van der Waals surface area contributed by atoms with Gasteiger partial charge in [0.1, 0.15) is 0 Å². The zero-order chi connectivity index (χ0) is 15.2. The lowest BCUT2D eigenvalue weighted by atomic mass is 10.2. The number of H-pyrrole nitrogens is 1. The maximum Gasteiger partial charge on any atom is 0.324 e. The van der Waals surface area contributed by atoms with E-state index in [0.717, 1.165) is 4.57 Å². The van der Waals surface area contributed by atoms with Crippen LogP contribution in [0, 0.1) is 4.77 Å². The van der Waals surface area contributed by atoms with Gasteiger partial charge >= 0.3 is 12.3 Å². The lowest BCUT2D eigenvalue weighted by Crippen LogP contribution is -2.32. The molecule has 0 saturated heterocycles. The van der Waals surface area contributed by atoms with Crippen molar-refractivity contribution >= 4 is 34.2 Å². The SMILES string of the molecule is FC(F)C(F)(F)Cn1c(=S)[nH]c2cnc3ccccc3c21. The molecule has 0 fully saturated rings. The van der Waals surface area contributed by atoms with Crippen LogP contribution in [0.5, 0.6) is 0 Å². The Morgan fingerprint density at radius 1 is 1.29 bits per heavy atom. The molecule has 0 atom stereocenters. The van der Waals surface area contributed by atoms with E-state index in [1.54, 1.807) is 24.3 Å². The van der Waals surface area contributed by atoms with Crippen LogP contribution >= 0.6 is 12.2 Å². The number of nitrogens with one attached hydrogen (secondary N) is 1. The van der Waals surface area contributed by atoms with Crippen LogP contribution in [0.15, 0.2) is 30.5 Å². The second-order valence-electron chi connectivity index (χ2n) is 4.62. The van der Waals surface area contributed by atoms with E-state index >= 15 is 0 Å². The van der Waals surface area contributed by atoms with Crippen LogP contribution in [-0.2, 0) is 6.54 Å². The van der Waals surface area contributed by atoms with Crippen LogP contribution in [-0.4, -0.2) is 26.9 Å². The number of hydrogen-bond acceptors (Lipinski definition) is 2. The number of imidazole rings is 1. The Balaban J connectivity index is 2.29. The minimum atomic E-state index is -4.16. The standard InChI is InChI=1S/C13H9F4N3S/c14-11(15)13(16,17)6-20-10-7-3-1-2-4-8(7)18-5-9(10)19-12(20)21/h1-5,11H,6H2,(H,19,21). The van der Waals surface area contributed by atoms with Crippen LogP contribution in [0.25, 0.3) is 21.9 Å². The fraction of sp³-hybridized carbons (Fsp3) is 0.231. The van der Waals surface area contributed by atoms with Gasteiger partial charge in [0.15, 0.2) is 4.77 Å². The zero-order valence-electron chi connectivity index (χ0n) is 10.5.